The van der Waals surface area contributed by atoms with Crippen LogP contribution < -0.4 is 5.32 Å². The van der Waals surface area contributed by atoms with Crippen LogP contribution in [0.3, 0.4) is 0 Å². The summed E-state index contributed by atoms with van der Waals surface area (Å²) < 4.78 is 40.1. The number of aryl methyl sites for hydroxylation is 1. The van der Waals surface area contributed by atoms with E-state index in [0.717, 1.165) is 18.7 Å². The van der Waals surface area contributed by atoms with Crippen molar-refractivity contribution in [3.8, 4) is 0 Å². The topological polar surface area (TPSA) is 42.7 Å². The first-order valence-corrected chi connectivity index (χ1v) is 7.59. The lowest BCUT2D eigenvalue weighted by atomic mass is 9.77. The average molecular weight is 304 g/mol. The van der Waals surface area contributed by atoms with Gasteiger partial charge in [0.2, 0.25) is 0 Å². The number of rotatable bonds is 5. The van der Waals surface area contributed by atoms with Gasteiger partial charge in [-0.05, 0) is 45.1 Å². The first-order chi connectivity index (χ1) is 9.97. The van der Waals surface area contributed by atoms with Crippen LogP contribution in [0.4, 0.5) is 13.2 Å². The van der Waals surface area contributed by atoms with Gasteiger partial charge in [-0.2, -0.15) is 13.2 Å². The summed E-state index contributed by atoms with van der Waals surface area (Å²) in [5.41, 5.74) is 0.981. The zero-order valence-electron chi connectivity index (χ0n) is 12.5. The Balaban J connectivity index is 2.04. The van der Waals surface area contributed by atoms with Crippen molar-refractivity contribution < 1.29 is 13.2 Å². The van der Waals surface area contributed by atoms with Crippen molar-refractivity contribution in [2.75, 3.05) is 7.05 Å². The maximum atomic E-state index is 12.7. The first kappa shape index (κ1) is 16.3. The normalized spacial score (nSPS) is 25.0. The zero-order valence-corrected chi connectivity index (χ0v) is 12.5. The Bertz CT molecular complexity index is 436. The Morgan fingerprint density at radius 1 is 1.33 bits per heavy atom. The van der Waals surface area contributed by atoms with Crippen molar-refractivity contribution >= 4 is 0 Å². The van der Waals surface area contributed by atoms with E-state index in [2.05, 4.69) is 22.6 Å². The second kappa shape index (κ2) is 6.77. The first-order valence-electron chi connectivity index (χ1n) is 7.59. The molecule has 0 saturated heterocycles. The second-order valence-corrected chi connectivity index (χ2v) is 5.80. The Labute approximate surface area is 123 Å². The molecule has 1 N–H and O–H groups in total. The van der Waals surface area contributed by atoms with Crippen LogP contribution in [-0.4, -0.2) is 28.2 Å². The van der Waals surface area contributed by atoms with Crippen LogP contribution in [0.2, 0.25) is 0 Å². The lowest BCUT2D eigenvalue weighted by Crippen LogP contribution is -2.34. The number of hydrogen-bond donors (Lipinski definition) is 1. The monoisotopic (exact) mass is 304 g/mol. The van der Waals surface area contributed by atoms with E-state index in [1.807, 2.05) is 11.7 Å². The summed E-state index contributed by atoms with van der Waals surface area (Å²) in [7, 11) is 1.85. The minimum Gasteiger partial charge on any atom is -0.311 e. The summed E-state index contributed by atoms with van der Waals surface area (Å²) >= 11 is 0. The molecule has 120 valence electrons. The number of nitrogens with zero attached hydrogens (tertiary/aromatic N) is 3. The highest BCUT2D eigenvalue weighted by atomic mass is 19.4. The van der Waals surface area contributed by atoms with Gasteiger partial charge in [0.1, 0.15) is 0 Å². The van der Waals surface area contributed by atoms with E-state index in [0.29, 0.717) is 12.8 Å². The van der Waals surface area contributed by atoms with Crippen molar-refractivity contribution in [1.82, 2.24) is 20.3 Å². The van der Waals surface area contributed by atoms with Crippen LogP contribution in [0.1, 0.15) is 50.8 Å². The Kier molecular flexibility index (Phi) is 5.24. The van der Waals surface area contributed by atoms with Crippen molar-refractivity contribution in [3.05, 3.63) is 11.9 Å². The Morgan fingerprint density at radius 3 is 2.52 bits per heavy atom. The van der Waals surface area contributed by atoms with Gasteiger partial charge < -0.3 is 5.32 Å². The molecule has 21 heavy (non-hydrogen) atoms. The largest absolute Gasteiger partial charge is 0.391 e. The fourth-order valence-electron chi connectivity index (χ4n) is 3.30. The van der Waals surface area contributed by atoms with E-state index in [4.69, 9.17) is 0 Å². The van der Waals surface area contributed by atoms with Gasteiger partial charge in [-0.3, -0.25) is 0 Å². The Morgan fingerprint density at radius 2 is 2.00 bits per heavy atom. The molecule has 1 saturated carbocycles. The molecule has 4 nitrogen and oxygen atoms in total. The highest BCUT2D eigenvalue weighted by molar-refractivity contribution is 5.05. The predicted octanol–water partition coefficient (Wildman–Crippen LogP) is 3.32. The van der Waals surface area contributed by atoms with Gasteiger partial charge in [0.15, 0.2) is 0 Å². The smallest absolute Gasteiger partial charge is 0.311 e. The van der Waals surface area contributed by atoms with E-state index in [9.17, 15) is 13.2 Å². The second-order valence-electron chi connectivity index (χ2n) is 5.80. The molecule has 7 heteroatoms. The van der Waals surface area contributed by atoms with Gasteiger partial charge in [-0.1, -0.05) is 12.1 Å². The fourth-order valence-corrected chi connectivity index (χ4v) is 3.30. The molecule has 0 spiro atoms. The van der Waals surface area contributed by atoms with E-state index in [1.54, 1.807) is 6.20 Å². The lowest BCUT2D eigenvalue weighted by molar-refractivity contribution is -0.184. The molecule has 1 fully saturated rings. The van der Waals surface area contributed by atoms with Crippen molar-refractivity contribution in [2.24, 2.45) is 11.8 Å². The maximum absolute atomic E-state index is 12.7. The standard InChI is InChI=1S/C14H23F3N4/c1-3-8-21-12(9-19-20-21)13(18-2)10-4-6-11(7-5-10)14(15,16)17/h9-11,13,18H,3-8H2,1-2H3. The van der Waals surface area contributed by atoms with Crippen LogP contribution in [-0.2, 0) is 6.54 Å². The third kappa shape index (κ3) is 3.75. The molecule has 1 aliphatic carbocycles. The fraction of sp³-hybridized carbons (Fsp3) is 0.857. The SMILES string of the molecule is CCCn1nncc1C(NC)C1CCC(C(F)(F)F)CC1. The van der Waals surface area contributed by atoms with E-state index < -0.39 is 12.1 Å². The van der Waals surface area contributed by atoms with Gasteiger partial charge in [0, 0.05) is 6.54 Å². The van der Waals surface area contributed by atoms with Gasteiger partial charge in [0.25, 0.3) is 0 Å². The number of aromatic nitrogens is 3. The van der Waals surface area contributed by atoms with Crippen LogP contribution >= 0.6 is 0 Å². The molecule has 0 bridgehead atoms. The molecule has 1 atom stereocenters. The molecule has 0 radical (unpaired) electrons. The van der Waals surface area contributed by atoms with Gasteiger partial charge in [-0.25, -0.2) is 4.68 Å². The van der Waals surface area contributed by atoms with Crippen molar-refractivity contribution in [3.63, 3.8) is 0 Å². The molecule has 0 amide bonds. The predicted molar refractivity (Wildman–Crippen MR) is 73.6 cm³/mol. The minimum atomic E-state index is -4.05. The molecule has 1 aromatic heterocycles. The summed E-state index contributed by atoms with van der Waals surface area (Å²) in [4.78, 5) is 0. The molecular formula is C14H23F3N4. The number of alkyl halides is 3. The van der Waals surface area contributed by atoms with Crippen molar-refractivity contribution in [2.45, 2.75) is 57.8 Å². The zero-order chi connectivity index (χ0) is 15.5. The van der Waals surface area contributed by atoms with Crippen LogP contribution in [0.15, 0.2) is 6.20 Å². The molecule has 0 aromatic carbocycles. The molecule has 1 aromatic rings. The highest BCUT2D eigenvalue weighted by Crippen LogP contribution is 2.42. The van der Waals surface area contributed by atoms with Crippen molar-refractivity contribution in [1.29, 1.82) is 0 Å². The summed E-state index contributed by atoms with van der Waals surface area (Å²) in [5, 5.41) is 11.3. The molecule has 1 heterocycles. The molecule has 0 aliphatic heterocycles. The third-order valence-electron chi connectivity index (χ3n) is 4.42. The summed E-state index contributed by atoms with van der Waals surface area (Å²) in [6.07, 6.45) is 0.259. The Hall–Kier alpha value is -1.11. The van der Waals surface area contributed by atoms with Crippen LogP contribution in [0.5, 0.6) is 0 Å². The van der Waals surface area contributed by atoms with E-state index in [-0.39, 0.29) is 24.8 Å². The minimum absolute atomic E-state index is 0.0285. The maximum Gasteiger partial charge on any atom is 0.391 e. The van der Waals surface area contributed by atoms with E-state index >= 15 is 0 Å². The van der Waals surface area contributed by atoms with Gasteiger partial charge in [-0.15, -0.1) is 5.10 Å². The summed E-state index contributed by atoms with van der Waals surface area (Å²) in [6, 6.07) is 0.0285. The summed E-state index contributed by atoms with van der Waals surface area (Å²) in [6.45, 7) is 2.85. The third-order valence-corrected chi connectivity index (χ3v) is 4.42. The molecule has 1 aliphatic rings. The molecular weight excluding hydrogens is 281 g/mol. The quantitative estimate of drug-likeness (QED) is 0.907. The highest BCUT2D eigenvalue weighted by Gasteiger charge is 2.42. The molecule has 1 unspecified atom stereocenters. The van der Waals surface area contributed by atoms with Gasteiger partial charge >= 0.3 is 6.18 Å². The number of halogens is 3. The van der Waals surface area contributed by atoms with Crippen LogP contribution in [0, 0.1) is 11.8 Å². The lowest BCUT2D eigenvalue weighted by Gasteiger charge is -2.34. The van der Waals surface area contributed by atoms with Gasteiger partial charge in [0.05, 0.1) is 23.9 Å². The molecule has 2 rings (SSSR count). The summed E-state index contributed by atoms with van der Waals surface area (Å²) in [5.74, 6) is -0.923. The van der Waals surface area contributed by atoms with Crippen LogP contribution in [0.25, 0.3) is 0 Å². The number of hydrogen-bond acceptors (Lipinski definition) is 3. The number of nitrogens with one attached hydrogen (secondary N) is 1. The average Bonchev–Trinajstić information content (AvgIpc) is 2.88. The van der Waals surface area contributed by atoms with E-state index in [1.165, 1.54) is 0 Å².